The van der Waals surface area contributed by atoms with E-state index in [4.69, 9.17) is 5.73 Å². The molecule has 0 heterocycles. The van der Waals surface area contributed by atoms with Gasteiger partial charge in [-0.1, -0.05) is 44.2 Å². The number of thiol groups is 1. The predicted octanol–water partition coefficient (Wildman–Crippen LogP) is 1.37. The van der Waals surface area contributed by atoms with E-state index >= 15 is 0 Å². The number of benzene rings is 1. The number of carboxylic acids is 1. The van der Waals surface area contributed by atoms with Crippen molar-refractivity contribution in [2.45, 2.75) is 56.9 Å². The van der Waals surface area contributed by atoms with Gasteiger partial charge in [-0.15, -0.1) is 0 Å². The molecule has 0 aliphatic rings. The molecule has 0 bridgehead atoms. The fraction of sp³-hybridized carbons (Fsp3) is 0.550. The minimum atomic E-state index is -1.13. The van der Waals surface area contributed by atoms with Crippen molar-refractivity contribution in [3.8, 4) is 0 Å². The van der Waals surface area contributed by atoms with Crippen molar-refractivity contribution < 1.29 is 19.5 Å². The lowest BCUT2D eigenvalue weighted by molar-refractivity contribution is -0.142. The van der Waals surface area contributed by atoms with Crippen molar-refractivity contribution in [2.75, 3.05) is 6.54 Å². The fourth-order valence-corrected chi connectivity index (χ4v) is 2.72. The number of hydrogen-bond acceptors (Lipinski definition) is 5. The zero-order valence-electron chi connectivity index (χ0n) is 16.4. The summed E-state index contributed by atoms with van der Waals surface area (Å²) in [6.07, 6.45) is 1.89. The molecule has 0 aromatic heterocycles. The molecular formula is C20H31N3O4S. The Morgan fingerprint density at radius 3 is 2.18 bits per heavy atom. The van der Waals surface area contributed by atoms with Gasteiger partial charge in [0.25, 0.3) is 0 Å². The fourth-order valence-electron chi connectivity index (χ4n) is 2.64. The molecule has 0 aliphatic carbocycles. The number of unbranched alkanes of at least 4 members (excludes halogenated alkanes) is 1. The third-order valence-electron chi connectivity index (χ3n) is 4.38. The van der Waals surface area contributed by atoms with Crippen molar-refractivity contribution in [2.24, 2.45) is 11.7 Å². The molecular weight excluding hydrogens is 378 g/mol. The Hall–Kier alpha value is -2.06. The Morgan fingerprint density at radius 2 is 1.64 bits per heavy atom. The molecule has 28 heavy (non-hydrogen) atoms. The highest BCUT2D eigenvalue weighted by molar-refractivity contribution is 7.81. The van der Waals surface area contributed by atoms with Crippen LogP contribution in [-0.2, 0) is 20.8 Å². The first-order valence-corrected chi connectivity index (χ1v) is 10.0. The van der Waals surface area contributed by atoms with E-state index in [0.717, 1.165) is 5.56 Å². The highest BCUT2D eigenvalue weighted by atomic mass is 32.1. The van der Waals surface area contributed by atoms with Crippen molar-refractivity contribution in [1.82, 2.24) is 10.6 Å². The van der Waals surface area contributed by atoms with E-state index in [1.807, 2.05) is 32.0 Å². The number of nitrogens with two attached hydrogens (primary N) is 1. The molecule has 0 spiro atoms. The van der Waals surface area contributed by atoms with Crippen molar-refractivity contribution in [3.05, 3.63) is 35.9 Å². The maximum Gasteiger partial charge on any atom is 0.326 e. The van der Waals surface area contributed by atoms with Crippen LogP contribution in [0.2, 0.25) is 0 Å². The average Bonchev–Trinajstić information content (AvgIpc) is 2.66. The topological polar surface area (TPSA) is 122 Å². The summed E-state index contributed by atoms with van der Waals surface area (Å²) in [6.45, 7) is 4.21. The Bertz CT molecular complexity index is 640. The lowest BCUT2D eigenvalue weighted by atomic mass is 10.0. The average molecular weight is 410 g/mol. The van der Waals surface area contributed by atoms with Crippen molar-refractivity contribution in [3.63, 3.8) is 0 Å². The smallest absolute Gasteiger partial charge is 0.326 e. The lowest BCUT2D eigenvalue weighted by Gasteiger charge is -2.23. The van der Waals surface area contributed by atoms with Gasteiger partial charge in [0.1, 0.15) is 12.1 Å². The van der Waals surface area contributed by atoms with Crippen LogP contribution in [0.4, 0.5) is 0 Å². The SMILES string of the molecule is CC(C)[C@H](S)C(=O)N[C@@H](CCCCN)C(=O)N[C@@H](Cc1ccccc1)C(=O)O. The molecule has 2 amide bonds. The van der Waals surface area contributed by atoms with E-state index in [1.165, 1.54) is 0 Å². The first kappa shape index (κ1) is 24.0. The minimum Gasteiger partial charge on any atom is -0.480 e. The summed E-state index contributed by atoms with van der Waals surface area (Å²) in [6, 6.07) is 7.15. The van der Waals surface area contributed by atoms with Gasteiger partial charge < -0.3 is 21.5 Å². The van der Waals surface area contributed by atoms with Gasteiger partial charge in [0.15, 0.2) is 0 Å². The van der Waals surface area contributed by atoms with E-state index in [0.29, 0.717) is 25.8 Å². The van der Waals surface area contributed by atoms with Gasteiger partial charge >= 0.3 is 5.97 Å². The molecule has 0 saturated carbocycles. The summed E-state index contributed by atoms with van der Waals surface area (Å²) in [7, 11) is 0. The van der Waals surface area contributed by atoms with E-state index in [-0.39, 0.29) is 18.2 Å². The molecule has 8 heteroatoms. The third kappa shape index (κ3) is 8.31. The van der Waals surface area contributed by atoms with Gasteiger partial charge in [-0.25, -0.2) is 4.79 Å². The van der Waals surface area contributed by atoms with Gasteiger partial charge in [0.2, 0.25) is 11.8 Å². The Balaban J connectivity index is 2.83. The lowest BCUT2D eigenvalue weighted by Crippen LogP contribution is -2.53. The summed E-state index contributed by atoms with van der Waals surface area (Å²) in [5.41, 5.74) is 6.31. The van der Waals surface area contributed by atoms with E-state index in [9.17, 15) is 19.5 Å². The Kier molecular flexibility index (Phi) is 10.6. The number of carbonyl (C=O) groups is 3. The van der Waals surface area contributed by atoms with Gasteiger partial charge in [0.05, 0.1) is 5.25 Å². The largest absolute Gasteiger partial charge is 0.480 e. The standard InChI is InChI=1S/C20H31N3O4S/c1-13(2)17(28)19(25)22-15(10-6-7-11-21)18(24)23-16(20(26)27)12-14-8-4-3-5-9-14/h3-5,8-9,13,15-17,28H,6-7,10-12,21H2,1-2H3,(H,22,25)(H,23,24)(H,26,27)/t15-,16-,17-/m0/s1. The van der Waals surface area contributed by atoms with Gasteiger partial charge in [-0.2, -0.15) is 12.6 Å². The highest BCUT2D eigenvalue weighted by Crippen LogP contribution is 2.11. The first-order chi connectivity index (χ1) is 13.3. The maximum atomic E-state index is 12.7. The molecule has 3 atom stereocenters. The normalized spacial score (nSPS) is 14.2. The van der Waals surface area contributed by atoms with Gasteiger partial charge in [0, 0.05) is 6.42 Å². The summed E-state index contributed by atoms with van der Waals surface area (Å²) in [5, 5.41) is 14.2. The quantitative estimate of drug-likeness (QED) is 0.264. The molecule has 1 aromatic carbocycles. The molecule has 1 aromatic rings. The molecule has 5 N–H and O–H groups in total. The van der Waals surface area contributed by atoms with E-state index < -0.39 is 29.2 Å². The zero-order chi connectivity index (χ0) is 21.1. The summed E-state index contributed by atoms with van der Waals surface area (Å²) in [5.74, 6) is -1.99. The highest BCUT2D eigenvalue weighted by Gasteiger charge is 2.28. The summed E-state index contributed by atoms with van der Waals surface area (Å²) in [4.78, 5) is 36.7. The van der Waals surface area contributed by atoms with Gasteiger partial charge in [-0.3, -0.25) is 9.59 Å². The first-order valence-electron chi connectivity index (χ1n) is 9.51. The number of hydrogen-bond donors (Lipinski definition) is 5. The maximum absolute atomic E-state index is 12.7. The summed E-state index contributed by atoms with van der Waals surface area (Å²) < 4.78 is 0. The number of nitrogens with one attached hydrogen (secondary N) is 2. The van der Waals surface area contributed by atoms with E-state index in [2.05, 4.69) is 23.3 Å². The van der Waals surface area contributed by atoms with Crippen LogP contribution in [0.25, 0.3) is 0 Å². The van der Waals surface area contributed by atoms with Crippen molar-refractivity contribution in [1.29, 1.82) is 0 Å². The molecule has 0 radical (unpaired) electrons. The van der Waals surface area contributed by atoms with Crippen LogP contribution in [0.15, 0.2) is 30.3 Å². The predicted molar refractivity (Wildman–Crippen MR) is 112 cm³/mol. The second-order valence-corrected chi connectivity index (χ2v) is 7.68. The number of carbonyl (C=O) groups excluding carboxylic acids is 2. The molecule has 0 aliphatic heterocycles. The molecule has 156 valence electrons. The van der Waals surface area contributed by atoms with Crippen LogP contribution in [0, 0.1) is 5.92 Å². The summed E-state index contributed by atoms with van der Waals surface area (Å²) >= 11 is 4.28. The second-order valence-electron chi connectivity index (χ2n) is 7.12. The second kappa shape index (κ2) is 12.4. The van der Waals surface area contributed by atoms with Crippen LogP contribution in [0.5, 0.6) is 0 Å². The zero-order valence-corrected chi connectivity index (χ0v) is 17.3. The molecule has 0 unspecified atom stereocenters. The number of aliphatic carboxylic acids is 1. The molecule has 0 fully saturated rings. The Labute approximate surface area is 171 Å². The van der Waals surface area contributed by atoms with E-state index in [1.54, 1.807) is 12.1 Å². The molecule has 7 nitrogen and oxygen atoms in total. The molecule has 1 rings (SSSR count). The van der Waals surface area contributed by atoms with Crippen LogP contribution < -0.4 is 16.4 Å². The van der Waals surface area contributed by atoms with Gasteiger partial charge in [-0.05, 0) is 37.3 Å². The van der Waals surface area contributed by atoms with Crippen LogP contribution in [-0.4, -0.2) is 46.8 Å². The number of amides is 2. The third-order valence-corrected chi connectivity index (χ3v) is 5.21. The monoisotopic (exact) mass is 409 g/mol. The molecule has 0 saturated heterocycles. The van der Waals surface area contributed by atoms with Crippen LogP contribution in [0.3, 0.4) is 0 Å². The van der Waals surface area contributed by atoms with Crippen LogP contribution in [0.1, 0.15) is 38.7 Å². The van der Waals surface area contributed by atoms with Crippen LogP contribution >= 0.6 is 12.6 Å². The number of rotatable bonds is 12. The number of carboxylic acid groups (broad SMARTS) is 1. The van der Waals surface area contributed by atoms with Crippen molar-refractivity contribution >= 4 is 30.4 Å². The minimum absolute atomic E-state index is 0.000866. The Morgan fingerprint density at radius 1 is 1.04 bits per heavy atom.